The summed E-state index contributed by atoms with van der Waals surface area (Å²) in [7, 11) is 0. The maximum absolute atomic E-state index is 6.22. The van der Waals surface area contributed by atoms with Crippen LogP contribution in [0.3, 0.4) is 0 Å². The van der Waals surface area contributed by atoms with Gasteiger partial charge in [-0.2, -0.15) is 0 Å². The number of aryl methyl sites for hydroxylation is 1. The Morgan fingerprint density at radius 1 is 1.04 bits per heavy atom. The van der Waals surface area contributed by atoms with Crippen molar-refractivity contribution in [1.82, 2.24) is 4.98 Å². The molecule has 2 N–H and O–H groups in total. The van der Waals surface area contributed by atoms with E-state index in [1.807, 2.05) is 61.5 Å². The van der Waals surface area contributed by atoms with Gasteiger partial charge in [-0.3, -0.25) is 4.98 Å². The largest absolute Gasteiger partial charge is 0.383 e. The Kier molecular flexibility index (Phi) is 7.01. The van der Waals surface area contributed by atoms with Gasteiger partial charge in [0.2, 0.25) is 0 Å². The molecule has 0 fully saturated rings. The molecule has 1 heterocycles. The molecular weight excluding hydrogens is 397 g/mol. The summed E-state index contributed by atoms with van der Waals surface area (Å²) in [6.45, 7) is 1.96. The lowest BCUT2D eigenvalue weighted by atomic mass is 10.1. The number of para-hydroxylation sites is 1. The van der Waals surface area contributed by atoms with E-state index in [1.165, 1.54) is 0 Å². The second-order valence-electron chi connectivity index (χ2n) is 4.81. The van der Waals surface area contributed by atoms with E-state index in [0.29, 0.717) is 5.84 Å². The molecule has 3 aromatic rings. The van der Waals surface area contributed by atoms with Gasteiger partial charge in [0.05, 0.1) is 11.2 Å². The number of aliphatic imine (C=N–C) groups is 1. The van der Waals surface area contributed by atoms with Crippen molar-refractivity contribution in [3.63, 3.8) is 0 Å². The van der Waals surface area contributed by atoms with Crippen molar-refractivity contribution in [3.8, 4) is 0 Å². The fourth-order valence-electron chi connectivity index (χ4n) is 2.24. The van der Waals surface area contributed by atoms with E-state index in [0.717, 1.165) is 32.3 Å². The summed E-state index contributed by atoms with van der Waals surface area (Å²) < 4.78 is 0.995. The molecular formula is C17H16BrCl2N3. The van der Waals surface area contributed by atoms with Crippen LogP contribution in [0, 0.1) is 6.92 Å². The fourth-order valence-corrected chi connectivity index (χ4v) is 2.61. The van der Waals surface area contributed by atoms with Crippen molar-refractivity contribution in [2.75, 3.05) is 0 Å². The summed E-state index contributed by atoms with van der Waals surface area (Å²) in [6.07, 6.45) is 0. The Morgan fingerprint density at radius 2 is 1.74 bits per heavy atom. The maximum atomic E-state index is 6.22. The second-order valence-corrected chi connectivity index (χ2v) is 5.72. The summed E-state index contributed by atoms with van der Waals surface area (Å²) in [6, 6.07) is 17.6. The van der Waals surface area contributed by atoms with Gasteiger partial charge in [0, 0.05) is 21.1 Å². The molecule has 0 bridgehead atoms. The van der Waals surface area contributed by atoms with Crippen LogP contribution in [0.2, 0.25) is 0 Å². The van der Waals surface area contributed by atoms with E-state index < -0.39 is 0 Å². The van der Waals surface area contributed by atoms with Gasteiger partial charge in [0.25, 0.3) is 0 Å². The van der Waals surface area contributed by atoms with Crippen molar-refractivity contribution in [1.29, 1.82) is 0 Å². The molecule has 0 atom stereocenters. The van der Waals surface area contributed by atoms with E-state index >= 15 is 0 Å². The number of hydrogen-bond acceptors (Lipinski definition) is 2. The van der Waals surface area contributed by atoms with Crippen LogP contribution in [0.25, 0.3) is 10.9 Å². The van der Waals surface area contributed by atoms with Crippen LogP contribution in [0.15, 0.2) is 64.1 Å². The predicted octanol–water partition coefficient (Wildman–Crippen LogP) is 5.19. The first-order chi connectivity index (χ1) is 10.1. The van der Waals surface area contributed by atoms with Crippen molar-refractivity contribution in [3.05, 3.63) is 70.3 Å². The molecule has 23 heavy (non-hydrogen) atoms. The van der Waals surface area contributed by atoms with Gasteiger partial charge in [-0.05, 0) is 43.3 Å². The molecule has 0 aliphatic heterocycles. The van der Waals surface area contributed by atoms with Crippen LogP contribution in [-0.4, -0.2) is 10.8 Å². The average molecular weight is 413 g/mol. The highest BCUT2D eigenvalue weighted by Crippen LogP contribution is 2.23. The number of rotatable bonds is 2. The molecule has 0 spiro atoms. The topological polar surface area (TPSA) is 51.3 Å². The zero-order valence-corrected chi connectivity index (χ0v) is 15.6. The second kappa shape index (κ2) is 8.29. The lowest BCUT2D eigenvalue weighted by Gasteiger charge is -2.08. The van der Waals surface area contributed by atoms with Gasteiger partial charge < -0.3 is 5.73 Å². The molecule has 1 aromatic heterocycles. The third-order valence-corrected chi connectivity index (χ3v) is 3.67. The first-order valence-electron chi connectivity index (χ1n) is 6.60. The maximum Gasteiger partial charge on any atom is 0.132 e. The number of amidine groups is 1. The summed E-state index contributed by atoms with van der Waals surface area (Å²) >= 11 is 3.49. The molecule has 120 valence electrons. The molecule has 0 unspecified atom stereocenters. The third kappa shape index (κ3) is 4.44. The Balaban J connectivity index is 0.00000132. The van der Waals surface area contributed by atoms with E-state index in [-0.39, 0.29) is 24.8 Å². The summed E-state index contributed by atoms with van der Waals surface area (Å²) in [5.74, 6) is 0.495. The highest BCUT2D eigenvalue weighted by atomic mass is 79.9. The first-order valence-corrected chi connectivity index (χ1v) is 7.39. The van der Waals surface area contributed by atoms with Gasteiger partial charge in [-0.1, -0.05) is 34.1 Å². The van der Waals surface area contributed by atoms with Crippen molar-refractivity contribution in [2.24, 2.45) is 10.7 Å². The number of aromatic nitrogens is 1. The lowest BCUT2D eigenvalue weighted by Crippen LogP contribution is -2.14. The van der Waals surface area contributed by atoms with E-state index in [1.54, 1.807) is 0 Å². The average Bonchev–Trinajstić information content (AvgIpc) is 2.48. The fraction of sp³-hybridized carbons (Fsp3) is 0.0588. The molecule has 2 aromatic carbocycles. The molecule has 0 aliphatic rings. The number of hydrogen-bond donors (Lipinski definition) is 1. The Bertz CT molecular complexity index is 836. The monoisotopic (exact) mass is 411 g/mol. The molecule has 0 amide bonds. The summed E-state index contributed by atoms with van der Waals surface area (Å²) in [4.78, 5) is 9.04. The summed E-state index contributed by atoms with van der Waals surface area (Å²) in [5, 5.41) is 0.993. The normalized spacial score (nSPS) is 10.8. The smallest absolute Gasteiger partial charge is 0.132 e. The van der Waals surface area contributed by atoms with E-state index in [9.17, 15) is 0 Å². The van der Waals surface area contributed by atoms with Crippen LogP contribution in [0.4, 0.5) is 5.69 Å². The molecule has 6 heteroatoms. The number of nitrogens with zero attached hydrogens (tertiary/aromatic N) is 2. The quantitative estimate of drug-likeness (QED) is 0.465. The Morgan fingerprint density at radius 3 is 2.43 bits per heavy atom. The zero-order valence-electron chi connectivity index (χ0n) is 12.4. The number of pyridine rings is 1. The minimum absolute atomic E-state index is 0. The van der Waals surface area contributed by atoms with E-state index in [4.69, 9.17) is 5.73 Å². The van der Waals surface area contributed by atoms with Crippen LogP contribution in [-0.2, 0) is 0 Å². The number of fused-ring (bicyclic) bond motifs is 1. The SMILES string of the molecule is Cc1cc(C(N)=Nc2ccccc2)c2cc(Br)ccc2n1.Cl.Cl. The number of nitrogens with two attached hydrogens (primary N) is 1. The van der Waals surface area contributed by atoms with Crippen LogP contribution < -0.4 is 5.73 Å². The molecule has 3 rings (SSSR count). The number of halogens is 3. The minimum atomic E-state index is 0. The van der Waals surface area contributed by atoms with Crippen LogP contribution in [0.5, 0.6) is 0 Å². The molecule has 3 nitrogen and oxygen atoms in total. The van der Waals surface area contributed by atoms with Gasteiger partial charge >= 0.3 is 0 Å². The van der Waals surface area contributed by atoms with Crippen molar-refractivity contribution in [2.45, 2.75) is 6.92 Å². The lowest BCUT2D eigenvalue weighted by molar-refractivity contribution is 1.25. The van der Waals surface area contributed by atoms with Crippen molar-refractivity contribution < 1.29 is 0 Å². The van der Waals surface area contributed by atoms with Gasteiger partial charge in [-0.25, -0.2) is 4.99 Å². The predicted molar refractivity (Wildman–Crippen MR) is 106 cm³/mol. The van der Waals surface area contributed by atoms with Crippen LogP contribution >= 0.6 is 40.7 Å². The van der Waals surface area contributed by atoms with Gasteiger partial charge in [0.1, 0.15) is 5.84 Å². The Hall–Kier alpha value is -1.62. The van der Waals surface area contributed by atoms with Crippen LogP contribution in [0.1, 0.15) is 11.3 Å². The molecule has 0 radical (unpaired) electrons. The minimum Gasteiger partial charge on any atom is -0.383 e. The summed E-state index contributed by atoms with van der Waals surface area (Å²) in [5.41, 5.74) is 9.80. The Labute approximate surface area is 156 Å². The first kappa shape index (κ1) is 19.4. The third-order valence-electron chi connectivity index (χ3n) is 3.18. The standard InChI is InChI=1S/C17H14BrN3.2ClH/c1-11-9-15(14-10-12(18)7-8-16(14)20-11)17(19)21-13-5-3-2-4-6-13;;/h2-10H,1H3,(H2,19,21);2*1H. The number of benzene rings is 2. The highest BCUT2D eigenvalue weighted by Gasteiger charge is 2.08. The van der Waals surface area contributed by atoms with E-state index in [2.05, 4.69) is 25.9 Å². The highest BCUT2D eigenvalue weighted by molar-refractivity contribution is 9.10. The molecule has 0 aliphatic carbocycles. The zero-order chi connectivity index (χ0) is 14.8. The van der Waals surface area contributed by atoms with Gasteiger partial charge in [-0.15, -0.1) is 24.8 Å². The van der Waals surface area contributed by atoms with Crippen molar-refractivity contribution >= 4 is 63.2 Å². The molecule has 0 saturated heterocycles. The molecule has 0 saturated carbocycles. The van der Waals surface area contributed by atoms with Gasteiger partial charge in [0.15, 0.2) is 0 Å².